The quantitative estimate of drug-likeness (QED) is 0.260. The first-order valence-electron chi connectivity index (χ1n) is 10.9. The fourth-order valence-electron chi connectivity index (χ4n) is 3.52. The van der Waals surface area contributed by atoms with Crippen LogP contribution < -0.4 is 20.4 Å². The maximum Gasteiger partial charge on any atom is 0.349 e. The fraction of sp³-hybridized carbons (Fsp3) is 0.192. The molecule has 1 amide bonds. The predicted octanol–water partition coefficient (Wildman–Crippen LogP) is 5.36. The number of carbonyl (C=O) groups excluding carboxylic acids is 2. The number of anilines is 1. The average Bonchev–Trinajstić information content (AvgIpc) is 3.27. The molecule has 2 aromatic carbocycles. The highest BCUT2D eigenvalue weighted by atomic mass is 32.1. The number of thiophene rings is 1. The number of esters is 1. The van der Waals surface area contributed by atoms with E-state index in [0.717, 1.165) is 16.9 Å². The van der Waals surface area contributed by atoms with E-state index in [4.69, 9.17) is 18.6 Å². The number of amides is 1. The van der Waals surface area contributed by atoms with Crippen LogP contribution in [0.4, 0.5) is 5.00 Å². The summed E-state index contributed by atoms with van der Waals surface area (Å²) in [5, 5.41) is 5.24. The van der Waals surface area contributed by atoms with Crippen molar-refractivity contribution in [2.45, 2.75) is 13.8 Å². The van der Waals surface area contributed by atoms with Gasteiger partial charge in [0.15, 0.2) is 0 Å². The molecule has 2 aromatic heterocycles. The highest BCUT2D eigenvalue weighted by Crippen LogP contribution is 2.37. The van der Waals surface area contributed by atoms with Gasteiger partial charge in [-0.3, -0.25) is 4.79 Å². The van der Waals surface area contributed by atoms with Gasteiger partial charge in [-0.25, -0.2) is 9.59 Å². The van der Waals surface area contributed by atoms with Gasteiger partial charge in [-0.1, -0.05) is 12.1 Å². The molecule has 0 unspecified atom stereocenters. The predicted molar refractivity (Wildman–Crippen MR) is 134 cm³/mol. The summed E-state index contributed by atoms with van der Waals surface area (Å²) in [6.07, 6.45) is 0. The molecule has 0 fully saturated rings. The largest absolute Gasteiger partial charge is 0.497 e. The molecule has 0 aliphatic rings. The SMILES string of the molecule is CCOC(=O)c1c(-c2ccc(OCC)cc2)csc1NC(=O)c1cc2cc(OC)ccc2oc1=O. The molecule has 0 bridgehead atoms. The van der Waals surface area contributed by atoms with Gasteiger partial charge in [-0.15, -0.1) is 11.3 Å². The molecule has 0 aliphatic carbocycles. The maximum absolute atomic E-state index is 13.1. The Morgan fingerprint density at radius 3 is 2.43 bits per heavy atom. The normalized spacial score (nSPS) is 10.7. The molecule has 0 aliphatic heterocycles. The number of fused-ring (bicyclic) bond motifs is 1. The summed E-state index contributed by atoms with van der Waals surface area (Å²) in [6.45, 7) is 4.30. The van der Waals surface area contributed by atoms with Crippen LogP contribution in [0, 0.1) is 0 Å². The summed E-state index contributed by atoms with van der Waals surface area (Å²) in [4.78, 5) is 38.4. The summed E-state index contributed by atoms with van der Waals surface area (Å²) in [5.74, 6) is -0.0183. The van der Waals surface area contributed by atoms with Gasteiger partial charge in [-0.05, 0) is 55.8 Å². The number of carbonyl (C=O) groups is 2. The van der Waals surface area contributed by atoms with Crippen LogP contribution in [0.25, 0.3) is 22.1 Å². The van der Waals surface area contributed by atoms with Crippen LogP contribution in [-0.2, 0) is 4.74 Å². The number of methoxy groups -OCH3 is 1. The Hall–Kier alpha value is -4.11. The van der Waals surface area contributed by atoms with Crippen LogP contribution in [0.2, 0.25) is 0 Å². The molecule has 2 heterocycles. The highest BCUT2D eigenvalue weighted by Gasteiger charge is 2.24. The van der Waals surface area contributed by atoms with Crippen LogP contribution in [0.1, 0.15) is 34.6 Å². The molecule has 0 saturated heterocycles. The topological polar surface area (TPSA) is 104 Å². The third-order valence-corrected chi connectivity index (χ3v) is 6.05. The lowest BCUT2D eigenvalue weighted by atomic mass is 10.0. The molecule has 4 aromatic rings. The molecule has 0 saturated carbocycles. The number of ether oxygens (including phenoxy) is 3. The number of benzene rings is 2. The van der Waals surface area contributed by atoms with Crippen LogP contribution in [0.5, 0.6) is 11.5 Å². The van der Waals surface area contributed by atoms with Crippen molar-refractivity contribution in [1.29, 1.82) is 0 Å². The van der Waals surface area contributed by atoms with E-state index in [1.54, 1.807) is 42.6 Å². The summed E-state index contributed by atoms with van der Waals surface area (Å²) in [7, 11) is 1.52. The van der Waals surface area contributed by atoms with Crippen molar-refractivity contribution in [2.24, 2.45) is 0 Å². The van der Waals surface area contributed by atoms with E-state index in [9.17, 15) is 14.4 Å². The van der Waals surface area contributed by atoms with Crippen molar-refractivity contribution in [3.63, 3.8) is 0 Å². The Morgan fingerprint density at radius 2 is 1.74 bits per heavy atom. The second-order valence-electron chi connectivity index (χ2n) is 7.34. The first-order valence-corrected chi connectivity index (χ1v) is 11.8. The molecule has 180 valence electrons. The molecule has 0 spiro atoms. The van der Waals surface area contributed by atoms with E-state index in [0.29, 0.717) is 34.6 Å². The second kappa shape index (κ2) is 10.4. The van der Waals surface area contributed by atoms with E-state index >= 15 is 0 Å². The fourth-order valence-corrected chi connectivity index (χ4v) is 4.48. The van der Waals surface area contributed by atoms with Gasteiger partial charge in [0.25, 0.3) is 5.91 Å². The zero-order valence-corrected chi connectivity index (χ0v) is 20.2. The lowest BCUT2D eigenvalue weighted by molar-refractivity contribution is 0.0529. The summed E-state index contributed by atoms with van der Waals surface area (Å²) >= 11 is 1.16. The summed E-state index contributed by atoms with van der Waals surface area (Å²) in [5.41, 5.74) is 0.903. The molecule has 0 atom stereocenters. The van der Waals surface area contributed by atoms with Gasteiger partial charge >= 0.3 is 11.6 Å². The maximum atomic E-state index is 13.1. The first kappa shape index (κ1) is 24.0. The minimum Gasteiger partial charge on any atom is -0.497 e. The van der Waals surface area contributed by atoms with Crippen LogP contribution in [-0.4, -0.2) is 32.2 Å². The van der Waals surface area contributed by atoms with Crippen molar-refractivity contribution in [1.82, 2.24) is 0 Å². The number of nitrogens with one attached hydrogen (secondary N) is 1. The third kappa shape index (κ3) is 5.04. The van der Waals surface area contributed by atoms with Gasteiger partial charge in [0.1, 0.15) is 33.2 Å². The minimum atomic E-state index is -0.791. The molecular formula is C26H23NO7S. The zero-order chi connectivity index (χ0) is 24.9. The Labute approximate surface area is 205 Å². The smallest absolute Gasteiger partial charge is 0.349 e. The van der Waals surface area contributed by atoms with Crippen LogP contribution in [0.15, 0.2) is 63.1 Å². The van der Waals surface area contributed by atoms with Crippen molar-refractivity contribution >= 4 is 39.2 Å². The van der Waals surface area contributed by atoms with E-state index in [1.165, 1.54) is 13.2 Å². The monoisotopic (exact) mass is 493 g/mol. The molecule has 0 radical (unpaired) electrons. The van der Waals surface area contributed by atoms with Crippen molar-refractivity contribution < 1.29 is 28.2 Å². The minimum absolute atomic E-state index is 0.168. The lowest BCUT2D eigenvalue weighted by Crippen LogP contribution is -2.21. The number of hydrogen-bond acceptors (Lipinski definition) is 8. The average molecular weight is 494 g/mol. The van der Waals surface area contributed by atoms with E-state index in [-0.39, 0.29) is 22.7 Å². The summed E-state index contributed by atoms with van der Waals surface area (Å²) < 4.78 is 21.2. The molecule has 8 nitrogen and oxygen atoms in total. The van der Waals surface area contributed by atoms with Crippen LogP contribution in [0.3, 0.4) is 0 Å². The van der Waals surface area contributed by atoms with Gasteiger partial charge in [0, 0.05) is 16.3 Å². The van der Waals surface area contributed by atoms with Crippen molar-refractivity contribution in [3.05, 3.63) is 75.5 Å². The van der Waals surface area contributed by atoms with Gasteiger partial charge in [-0.2, -0.15) is 0 Å². The van der Waals surface area contributed by atoms with E-state index in [1.807, 2.05) is 19.1 Å². The van der Waals surface area contributed by atoms with E-state index < -0.39 is 17.5 Å². The second-order valence-corrected chi connectivity index (χ2v) is 8.22. The highest BCUT2D eigenvalue weighted by molar-refractivity contribution is 7.15. The Bertz CT molecular complexity index is 1440. The lowest BCUT2D eigenvalue weighted by Gasteiger charge is -2.10. The standard InChI is InChI=1S/C26H23NO7S/c1-4-32-17-8-6-15(7-9-17)20-14-35-24(22(20)26(30)33-5-2)27-23(28)19-13-16-12-18(31-3)10-11-21(16)34-25(19)29/h6-14H,4-5H2,1-3H3,(H,27,28). The third-order valence-electron chi connectivity index (χ3n) is 5.16. The molecule has 4 rings (SSSR count). The van der Waals surface area contributed by atoms with Crippen molar-refractivity contribution in [3.8, 4) is 22.6 Å². The van der Waals surface area contributed by atoms with Crippen LogP contribution >= 0.6 is 11.3 Å². The molecular weight excluding hydrogens is 470 g/mol. The Balaban J connectivity index is 1.70. The van der Waals surface area contributed by atoms with E-state index in [2.05, 4.69) is 5.32 Å². The molecule has 1 N–H and O–H groups in total. The van der Waals surface area contributed by atoms with Gasteiger partial charge in [0.2, 0.25) is 0 Å². The molecule has 35 heavy (non-hydrogen) atoms. The van der Waals surface area contributed by atoms with Gasteiger partial charge in [0.05, 0.1) is 20.3 Å². The van der Waals surface area contributed by atoms with Gasteiger partial charge < -0.3 is 23.9 Å². The van der Waals surface area contributed by atoms with Crippen molar-refractivity contribution in [2.75, 3.05) is 25.6 Å². The number of hydrogen-bond donors (Lipinski definition) is 1. The molecule has 9 heteroatoms. The first-order chi connectivity index (χ1) is 16.9. The zero-order valence-electron chi connectivity index (χ0n) is 19.4. The number of rotatable bonds is 8. The Morgan fingerprint density at radius 1 is 1.00 bits per heavy atom. The summed E-state index contributed by atoms with van der Waals surface area (Å²) in [6, 6.07) is 13.6. The Kier molecular flexibility index (Phi) is 7.17.